The molecule has 0 amide bonds. The van der Waals surface area contributed by atoms with Gasteiger partial charge in [0.05, 0.1) is 25.6 Å². The molecule has 0 aliphatic carbocycles. The number of hydrogen-bond donors (Lipinski definition) is 0. The number of methoxy groups -OCH3 is 1. The van der Waals surface area contributed by atoms with Crippen molar-refractivity contribution in [2.75, 3.05) is 26.9 Å². The Morgan fingerprint density at radius 3 is 1.86 bits per heavy atom. The van der Waals surface area contributed by atoms with E-state index in [1.807, 2.05) is 24.3 Å². The molecular weight excluding hydrogens is 352 g/mol. The molecule has 0 aliphatic rings. The zero-order chi connectivity index (χ0) is 19.9. The molecule has 5 heteroatoms. The number of ether oxygens (including phenoxy) is 3. The molecule has 0 bridgehead atoms. The van der Waals surface area contributed by atoms with Crippen molar-refractivity contribution in [1.82, 2.24) is 9.97 Å². The highest BCUT2D eigenvalue weighted by Crippen LogP contribution is 2.20. The van der Waals surface area contributed by atoms with Gasteiger partial charge in [-0.15, -0.1) is 0 Å². The summed E-state index contributed by atoms with van der Waals surface area (Å²) < 4.78 is 16.5. The van der Waals surface area contributed by atoms with E-state index in [1.165, 1.54) is 25.7 Å². The average Bonchev–Trinajstić information content (AvgIpc) is 2.74. The highest BCUT2D eigenvalue weighted by molar-refractivity contribution is 5.56. The zero-order valence-corrected chi connectivity index (χ0v) is 17.4. The smallest absolute Gasteiger partial charge is 0.159 e. The van der Waals surface area contributed by atoms with Crippen molar-refractivity contribution in [2.45, 2.75) is 58.3 Å². The van der Waals surface area contributed by atoms with Crippen LogP contribution in [-0.4, -0.2) is 36.9 Å². The third kappa shape index (κ3) is 8.70. The Labute approximate surface area is 169 Å². The Morgan fingerprint density at radius 1 is 0.679 bits per heavy atom. The molecule has 154 valence electrons. The van der Waals surface area contributed by atoms with Crippen LogP contribution in [0.25, 0.3) is 11.4 Å². The van der Waals surface area contributed by atoms with Gasteiger partial charge in [0.15, 0.2) is 11.6 Å². The first-order valence-electron chi connectivity index (χ1n) is 10.5. The van der Waals surface area contributed by atoms with Gasteiger partial charge < -0.3 is 14.2 Å². The van der Waals surface area contributed by atoms with E-state index in [9.17, 15) is 0 Å². The summed E-state index contributed by atoms with van der Waals surface area (Å²) in [6.45, 7) is 4.52. The van der Waals surface area contributed by atoms with Crippen LogP contribution in [0.3, 0.4) is 0 Å². The summed E-state index contributed by atoms with van der Waals surface area (Å²) in [4.78, 5) is 8.84. The minimum absolute atomic E-state index is 0.694. The molecule has 0 N–H and O–H groups in total. The molecule has 0 aliphatic heterocycles. The number of benzene rings is 1. The first-order valence-corrected chi connectivity index (χ1v) is 10.5. The number of unbranched alkanes of at least 4 members (excludes halogenated alkanes) is 6. The topological polar surface area (TPSA) is 53.5 Å². The van der Waals surface area contributed by atoms with Gasteiger partial charge in [0.25, 0.3) is 0 Å². The summed E-state index contributed by atoms with van der Waals surface area (Å²) in [5.74, 6) is 2.31. The molecule has 0 saturated heterocycles. The number of rotatable bonds is 15. The first kappa shape index (κ1) is 22.2. The van der Waals surface area contributed by atoms with Crippen LogP contribution in [0.15, 0.2) is 36.7 Å². The largest absolute Gasteiger partial charge is 0.494 e. The van der Waals surface area contributed by atoms with Crippen molar-refractivity contribution in [3.63, 3.8) is 0 Å². The summed E-state index contributed by atoms with van der Waals surface area (Å²) in [5.41, 5.74) is 0.975. The van der Waals surface area contributed by atoms with Crippen LogP contribution in [0.2, 0.25) is 0 Å². The van der Waals surface area contributed by atoms with Crippen molar-refractivity contribution in [2.24, 2.45) is 0 Å². The third-order valence-electron chi connectivity index (χ3n) is 4.52. The van der Waals surface area contributed by atoms with Gasteiger partial charge in [-0.3, -0.25) is 0 Å². The van der Waals surface area contributed by atoms with Crippen LogP contribution >= 0.6 is 0 Å². The second-order valence-corrected chi connectivity index (χ2v) is 6.93. The molecule has 2 aromatic rings. The maximum absolute atomic E-state index is 5.78. The molecule has 2 rings (SSSR count). The minimum Gasteiger partial charge on any atom is -0.494 e. The lowest BCUT2D eigenvalue weighted by molar-refractivity contribution is 0.191. The fourth-order valence-electron chi connectivity index (χ4n) is 2.85. The monoisotopic (exact) mass is 386 g/mol. The van der Waals surface area contributed by atoms with E-state index < -0.39 is 0 Å². The summed E-state index contributed by atoms with van der Waals surface area (Å²) in [5, 5.41) is 0. The van der Waals surface area contributed by atoms with Crippen molar-refractivity contribution < 1.29 is 14.2 Å². The van der Waals surface area contributed by atoms with Crippen LogP contribution < -0.4 is 9.47 Å². The number of nitrogens with zero attached hydrogens (tertiary/aromatic N) is 2. The minimum atomic E-state index is 0.694. The SMILES string of the molecule is CCCCCCOc1ccc(-c2ncc(OCCCCCCOC)cn2)cc1. The van der Waals surface area contributed by atoms with Crippen molar-refractivity contribution >= 4 is 0 Å². The van der Waals surface area contributed by atoms with Crippen LogP contribution in [0.4, 0.5) is 0 Å². The van der Waals surface area contributed by atoms with Crippen molar-refractivity contribution in [3.8, 4) is 22.9 Å². The number of aromatic nitrogens is 2. The van der Waals surface area contributed by atoms with Gasteiger partial charge in [-0.2, -0.15) is 0 Å². The van der Waals surface area contributed by atoms with Crippen LogP contribution in [0.5, 0.6) is 11.5 Å². The van der Waals surface area contributed by atoms with Gasteiger partial charge in [0, 0.05) is 19.3 Å². The maximum atomic E-state index is 5.78. The molecule has 0 atom stereocenters. The molecule has 1 aromatic heterocycles. The van der Waals surface area contributed by atoms with E-state index in [1.54, 1.807) is 19.5 Å². The Hall–Kier alpha value is -2.14. The van der Waals surface area contributed by atoms with E-state index in [0.717, 1.165) is 50.2 Å². The molecule has 0 spiro atoms. The van der Waals surface area contributed by atoms with Gasteiger partial charge in [-0.1, -0.05) is 32.6 Å². The zero-order valence-electron chi connectivity index (χ0n) is 17.4. The molecular formula is C23H34N2O3. The van der Waals surface area contributed by atoms with Gasteiger partial charge in [0.2, 0.25) is 0 Å². The molecule has 5 nitrogen and oxygen atoms in total. The molecule has 1 heterocycles. The van der Waals surface area contributed by atoms with Crippen LogP contribution in [0, 0.1) is 0 Å². The molecule has 1 aromatic carbocycles. The lowest BCUT2D eigenvalue weighted by Gasteiger charge is -2.08. The Kier molecular flexibility index (Phi) is 11.0. The standard InChI is InChI=1S/C23H34N2O3/c1-3-4-5-9-16-27-21-13-11-20(12-14-21)23-24-18-22(19-25-23)28-17-10-7-6-8-15-26-2/h11-14,18-19H,3-10,15-17H2,1-2H3. The Balaban J connectivity index is 1.70. The molecule has 0 unspecified atom stereocenters. The highest BCUT2D eigenvalue weighted by Gasteiger charge is 2.03. The van der Waals surface area contributed by atoms with Crippen LogP contribution in [-0.2, 0) is 4.74 Å². The summed E-state index contributed by atoms with van der Waals surface area (Å²) in [6, 6.07) is 7.95. The normalized spacial score (nSPS) is 10.8. The average molecular weight is 387 g/mol. The summed E-state index contributed by atoms with van der Waals surface area (Å²) in [6.07, 6.45) is 12.8. The quantitative estimate of drug-likeness (QED) is 0.368. The van der Waals surface area contributed by atoms with Gasteiger partial charge in [-0.05, 0) is 49.9 Å². The Bertz CT molecular complexity index is 629. The fourth-order valence-corrected chi connectivity index (χ4v) is 2.85. The van der Waals surface area contributed by atoms with E-state index in [4.69, 9.17) is 14.2 Å². The molecule has 0 fully saturated rings. The first-order chi connectivity index (χ1) is 13.8. The highest BCUT2D eigenvalue weighted by atomic mass is 16.5. The molecule has 28 heavy (non-hydrogen) atoms. The van der Waals surface area contributed by atoms with Crippen molar-refractivity contribution in [1.29, 1.82) is 0 Å². The second-order valence-electron chi connectivity index (χ2n) is 6.93. The van der Waals surface area contributed by atoms with E-state index in [2.05, 4.69) is 16.9 Å². The predicted molar refractivity (Wildman–Crippen MR) is 113 cm³/mol. The lowest BCUT2D eigenvalue weighted by atomic mass is 10.2. The summed E-state index contributed by atoms with van der Waals surface area (Å²) in [7, 11) is 1.74. The van der Waals surface area contributed by atoms with E-state index in [0.29, 0.717) is 18.2 Å². The lowest BCUT2D eigenvalue weighted by Crippen LogP contribution is -2.00. The van der Waals surface area contributed by atoms with Gasteiger partial charge in [-0.25, -0.2) is 9.97 Å². The Morgan fingerprint density at radius 2 is 1.25 bits per heavy atom. The van der Waals surface area contributed by atoms with Crippen molar-refractivity contribution in [3.05, 3.63) is 36.7 Å². The molecule has 0 saturated carbocycles. The van der Waals surface area contributed by atoms with E-state index in [-0.39, 0.29) is 0 Å². The fraction of sp³-hybridized carbons (Fsp3) is 0.565. The second kappa shape index (κ2) is 13.9. The third-order valence-corrected chi connectivity index (χ3v) is 4.52. The van der Waals surface area contributed by atoms with E-state index >= 15 is 0 Å². The van der Waals surface area contributed by atoms with Gasteiger partial charge in [0.1, 0.15) is 5.75 Å². The number of hydrogen-bond acceptors (Lipinski definition) is 5. The summed E-state index contributed by atoms with van der Waals surface area (Å²) >= 11 is 0. The molecule has 0 radical (unpaired) electrons. The van der Waals surface area contributed by atoms with Gasteiger partial charge >= 0.3 is 0 Å². The van der Waals surface area contributed by atoms with Crippen LogP contribution in [0.1, 0.15) is 58.3 Å². The maximum Gasteiger partial charge on any atom is 0.159 e. The predicted octanol–water partition coefficient (Wildman–Crippen LogP) is 5.69.